The van der Waals surface area contributed by atoms with Crippen molar-refractivity contribution >= 4 is 23.2 Å². The lowest BCUT2D eigenvalue weighted by molar-refractivity contribution is -0.117. The molecule has 3 aromatic rings. The van der Waals surface area contributed by atoms with Crippen LogP contribution >= 0.6 is 0 Å². The van der Waals surface area contributed by atoms with Crippen molar-refractivity contribution in [2.24, 2.45) is 7.05 Å². The summed E-state index contributed by atoms with van der Waals surface area (Å²) in [6.45, 7) is -0.684. The van der Waals surface area contributed by atoms with Crippen LogP contribution in [0.3, 0.4) is 0 Å². The fourth-order valence-electron chi connectivity index (χ4n) is 2.60. The zero-order valence-corrected chi connectivity index (χ0v) is 15.5. The van der Waals surface area contributed by atoms with Gasteiger partial charge in [-0.15, -0.1) is 0 Å². The Morgan fingerprint density at radius 3 is 2.30 bits per heavy atom. The molecule has 0 aliphatic carbocycles. The average Bonchev–Trinajstić information content (AvgIpc) is 3.28. The minimum atomic E-state index is -3.07. The zero-order valence-electron chi connectivity index (χ0n) is 15.5. The topological polar surface area (TPSA) is 93.8 Å². The smallest absolute Gasteiger partial charge is 0.282 e. The number of alkyl halides is 4. The number of amides is 2. The number of hydrogen-bond donors (Lipinski definition) is 2. The van der Waals surface area contributed by atoms with Crippen LogP contribution in [0, 0.1) is 0 Å². The van der Waals surface area contributed by atoms with Crippen molar-refractivity contribution < 1.29 is 27.2 Å². The number of nitrogens with one attached hydrogen (secondary N) is 2. The third kappa shape index (κ3) is 5.01. The summed E-state index contributed by atoms with van der Waals surface area (Å²) in [5.74, 6) is -1.22. The lowest BCUT2D eigenvalue weighted by Gasteiger charge is -2.10. The number of hydrogen-bond acceptors (Lipinski definition) is 4. The van der Waals surface area contributed by atoms with Gasteiger partial charge in [0.2, 0.25) is 5.91 Å². The van der Waals surface area contributed by atoms with Gasteiger partial charge < -0.3 is 10.6 Å². The third-order valence-electron chi connectivity index (χ3n) is 3.92. The molecule has 0 radical (unpaired) electrons. The number of nitrogens with zero attached hydrogens (tertiary/aromatic N) is 4. The van der Waals surface area contributed by atoms with Gasteiger partial charge in [-0.25, -0.2) is 17.6 Å². The molecule has 1 aromatic carbocycles. The molecule has 2 heterocycles. The Morgan fingerprint density at radius 2 is 1.70 bits per heavy atom. The number of anilines is 2. The number of aryl methyl sites for hydroxylation is 1. The van der Waals surface area contributed by atoms with Crippen LogP contribution in [-0.2, 0) is 18.4 Å². The standard InChI is InChI=1S/C18H16F4N6O2/c1-27-6-5-12(25-27)18(30)24-11-4-2-3-10(7-11)23-15(29)9-28-14(17(21)22)8-13(26-28)16(19)20/h2-8,16-17H,9H2,1H3,(H,23,29)(H,24,30). The first-order valence-electron chi connectivity index (χ1n) is 8.58. The second-order valence-corrected chi connectivity index (χ2v) is 6.21. The summed E-state index contributed by atoms with van der Waals surface area (Å²) in [7, 11) is 1.66. The van der Waals surface area contributed by atoms with E-state index in [2.05, 4.69) is 20.8 Å². The van der Waals surface area contributed by atoms with Gasteiger partial charge >= 0.3 is 0 Å². The lowest BCUT2D eigenvalue weighted by Crippen LogP contribution is -2.21. The third-order valence-corrected chi connectivity index (χ3v) is 3.92. The lowest BCUT2D eigenvalue weighted by atomic mass is 10.2. The maximum Gasteiger partial charge on any atom is 0.282 e. The van der Waals surface area contributed by atoms with Crippen LogP contribution in [0.15, 0.2) is 42.6 Å². The molecule has 2 amide bonds. The Bertz CT molecular complexity index is 1060. The summed E-state index contributed by atoms with van der Waals surface area (Å²) in [6.07, 6.45) is -4.50. The van der Waals surface area contributed by atoms with Gasteiger partial charge in [-0.1, -0.05) is 6.07 Å². The Morgan fingerprint density at radius 1 is 1.00 bits per heavy atom. The molecule has 0 spiro atoms. The van der Waals surface area contributed by atoms with Gasteiger partial charge in [-0.2, -0.15) is 10.2 Å². The molecule has 0 unspecified atom stereocenters. The number of rotatable bonds is 7. The molecule has 12 heteroatoms. The van der Waals surface area contributed by atoms with Crippen LogP contribution in [0.4, 0.5) is 28.9 Å². The number of carbonyl (C=O) groups excluding carboxylic acids is 2. The minimum absolute atomic E-state index is 0.194. The fraction of sp³-hybridized carbons (Fsp3) is 0.222. The van der Waals surface area contributed by atoms with E-state index in [1.54, 1.807) is 25.4 Å². The minimum Gasteiger partial charge on any atom is -0.324 e. The van der Waals surface area contributed by atoms with E-state index in [1.807, 2.05) is 0 Å². The molecule has 0 saturated heterocycles. The number of aromatic nitrogens is 4. The molecule has 2 N–H and O–H groups in total. The van der Waals surface area contributed by atoms with E-state index in [4.69, 9.17) is 0 Å². The zero-order chi connectivity index (χ0) is 21.8. The van der Waals surface area contributed by atoms with Crippen molar-refractivity contribution in [3.8, 4) is 0 Å². The molecular formula is C18H16F4N6O2. The van der Waals surface area contributed by atoms with Crippen LogP contribution in [-0.4, -0.2) is 31.4 Å². The quantitative estimate of drug-likeness (QED) is 0.569. The van der Waals surface area contributed by atoms with Gasteiger partial charge in [0, 0.05) is 24.6 Å². The van der Waals surface area contributed by atoms with Gasteiger partial charge in [0.15, 0.2) is 5.69 Å². The van der Waals surface area contributed by atoms with E-state index in [1.165, 1.54) is 22.9 Å². The van der Waals surface area contributed by atoms with Crippen LogP contribution in [0.2, 0.25) is 0 Å². The van der Waals surface area contributed by atoms with Gasteiger partial charge in [-0.05, 0) is 30.3 Å². The molecule has 2 aromatic heterocycles. The summed E-state index contributed by atoms with van der Waals surface area (Å²) in [5, 5.41) is 12.4. The fourth-order valence-corrected chi connectivity index (χ4v) is 2.60. The molecule has 8 nitrogen and oxygen atoms in total. The van der Waals surface area contributed by atoms with Crippen LogP contribution < -0.4 is 10.6 Å². The van der Waals surface area contributed by atoms with Gasteiger partial charge in [0.1, 0.15) is 17.9 Å². The summed E-state index contributed by atoms with van der Waals surface area (Å²) in [6, 6.07) is 8.18. The van der Waals surface area contributed by atoms with E-state index in [9.17, 15) is 27.2 Å². The van der Waals surface area contributed by atoms with Crippen LogP contribution in [0.1, 0.15) is 34.7 Å². The summed E-state index contributed by atoms with van der Waals surface area (Å²) in [4.78, 5) is 24.3. The van der Waals surface area contributed by atoms with Crippen LogP contribution in [0.25, 0.3) is 0 Å². The molecule has 0 fully saturated rings. The molecule has 3 rings (SSSR count). The highest BCUT2D eigenvalue weighted by molar-refractivity contribution is 6.03. The van der Waals surface area contributed by atoms with Gasteiger partial charge in [0.25, 0.3) is 18.8 Å². The Hall–Kier alpha value is -3.70. The predicted molar refractivity (Wildman–Crippen MR) is 98.4 cm³/mol. The highest BCUT2D eigenvalue weighted by atomic mass is 19.3. The Balaban J connectivity index is 1.67. The summed E-state index contributed by atoms with van der Waals surface area (Å²) in [5.41, 5.74) is -0.802. The van der Waals surface area contributed by atoms with E-state index < -0.39 is 42.6 Å². The monoisotopic (exact) mass is 424 g/mol. The molecule has 0 aliphatic rings. The van der Waals surface area contributed by atoms with Crippen molar-refractivity contribution in [3.63, 3.8) is 0 Å². The second kappa shape index (κ2) is 8.76. The highest BCUT2D eigenvalue weighted by Gasteiger charge is 2.22. The molecular weight excluding hydrogens is 408 g/mol. The number of benzene rings is 1. The molecule has 30 heavy (non-hydrogen) atoms. The first-order chi connectivity index (χ1) is 14.2. The average molecular weight is 424 g/mol. The number of carbonyl (C=O) groups is 2. The highest BCUT2D eigenvalue weighted by Crippen LogP contribution is 2.25. The van der Waals surface area contributed by atoms with Gasteiger partial charge in [0.05, 0.1) is 0 Å². The second-order valence-electron chi connectivity index (χ2n) is 6.21. The molecule has 0 atom stereocenters. The van der Waals surface area contributed by atoms with Crippen molar-refractivity contribution in [2.45, 2.75) is 19.4 Å². The first kappa shape index (κ1) is 21.0. The predicted octanol–water partition coefficient (Wildman–Crippen LogP) is 3.38. The Kier molecular flexibility index (Phi) is 6.14. The maximum absolute atomic E-state index is 13.0. The van der Waals surface area contributed by atoms with Gasteiger partial charge in [-0.3, -0.25) is 19.0 Å². The summed E-state index contributed by atoms with van der Waals surface area (Å²) >= 11 is 0. The largest absolute Gasteiger partial charge is 0.324 e. The van der Waals surface area contributed by atoms with Crippen molar-refractivity contribution in [1.29, 1.82) is 0 Å². The van der Waals surface area contributed by atoms with Crippen molar-refractivity contribution in [1.82, 2.24) is 19.6 Å². The SMILES string of the molecule is Cn1ccc(C(=O)Nc2cccc(NC(=O)Cn3nc(C(F)F)cc3C(F)F)c2)n1. The summed E-state index contributed by atoms with van der Waals surface area (Å²) < 4.78 is 53.5. The normalized spacial score (nSPS) is 11.2. The first-order valence-corrected chi connectivity index (χ1v) is 8.58. The van der Waals surface area contributed by atoms with Crippen LogP contribution in [0.5, 0.6) is 0 Å². The van der Waals surface area contributed by atoms with Crippen molar-refractivity contribution in [2.75, 3.05) is 10.6 Å². The molecule has 0 saturated carbocycles. The van der Waals surface area contributed by atoms with Crippen molar-refractivity contribution in [3.05, 3.63) is 59.7 Å². The van der Waals surface area contributed by atoms with E-state index in [-0.39, 0.29) is 11.4 Å². The number of halogens is 4. The Labute approximate surface area is 167 Å². The maximum atomic E-state index is 13.0. The molecule has 0 bridgehead atoms. The van der Waals surface area contributed by atoms with E-state index >= 15 is 0 Å². The molecule has 0 aliphatic heterocycles. The van der Waals surface area contributed by atoms with E-state index in [0.717, 1.165) is 0 Å². The van der Waals surface area contributed by atoms with E-state index in [0.29, 0.717) is 16.4 Å². The molecule has 158 valence electrons.